The molecule has 2 aromatic rings. The number of carbonyl (C=O) groups excluding carboxylic acids is 1. The van der Waals surface area contributed by atoms with E-state index in [1.165, 1.54) is 0 Å². The van der Waals surface area contributed by atoms with E-state index in [1.807, 2.05) is 0 Å². The number of hydrogen-bond donors (Lipinski definition) is 1. The zero-order chi connectivity index (χ0) is 20.5. The molecule has 0 aromatic heterocycles. The molecule has 10 heteroatoms. The number of carbonyl (C=O) groups is 1. The minimum absolute atomic E-state index is 0.0504. The fourth-order valence-electron chi connectivity index (χ4n) is 2.16. The Hall–Kier alpha value is -1.34. The van der Waals surface area contributed by atoms with Gasteiger partial charge in [-0.1, -0.05) is 46.4 Å². The summed E-state index contributed by atoms with van der Waals surface area (Å²) in [6.45, 7) is 2.76. The molecule has 3 nitrogen and oxygen atoms in total. The molecule has 1 N–H and O–H groups in total. The van der Waals surface area contributed by atoms with Crippen molar-refractivity contribution >= 4 is 58.0 Å². The number of hydrogen-bond acceptors (Lipinski definition) is 2. The molecule has 0 spiro atoms. The maximum absolute atomic E-state index is 12.8. The van der Waals surface area contributed by atoms with Crippen molar-refractivity contribution in [2.75, 3.05) is 11.9 Å². The van der Waals surface area contributed by atoms with Gasteiger partial charge in [0.25, 0.3) is 5.91 Å². The van der Waals surface area contributed by atoms with Gasteiger partial charge in [-0.25, -0.2) is 0 Å². The molecule has 1 amide bonds. The Morgan fingerprint density at radius 3 is 2.11 bits per heavy atom. The third-order valence-corrected chi connectivity index (χ3v) is 5.44. The average Bonchev–Trinajstić information content (AvgIpc) is 2.59. The van der Waals surface area contributed by atoms with Crippen LogP contribution in [0.3, 0.4) is 0 Å². The van der Waals surface area contributed by atoms with Gasteiger partial charge in [-0.2, -0.15) is 13.2 Å². The lowest BCUT2D eigenvalue weighted by atomic mass is 10.1. The summed E-state index contributed by atoms with van der Waals surface area (Å²) in [5, 5.41) is 2.87. The summed E-state index contributed by atoms with van der Waals surface area (Å²) >= 11 is 24.2. The van der Waals surface area contributed by atoms with E-state index in [-0.39, 0.29) is 26.5 Å². The van der Waals surface area contributed by atoms with Crippen LogP contribution in [0.25, 0.3) is 0 Å². The Balaban J connectivity index is 2.17. The van der Waals surface area contributed by atoms with Crippen LogP contribution in [0.1, 0.15) is 16.7 Å². The summed E-state index contributed by atoms with van der Waals surface area (Å²) in [7, 11) is 0. The molecule has 0 fully saturated rings. The predicted molar refractivity (Wildman–Crippen MR) is 102 cm³/mol. The molecule has 2 aromatic carbocycles. The summed E-state index contributed by atoms with van der Waals surface area (Å²) < 4.78 is 43.7. The van der Waals surface area contributed by atoms with E-state index < -0.39 is 24.3 Å². The zero-order valence-corrected chi connectivity index (χ0v) is 16.9. The van der Waals surface area contributed by atoms with Crippen LogP contribution >= 0.6 is 46.4 Å². The third kappa shape index (κ3) is 4.93. The van der Waals surface area contributed by atoms with Crippen LogP contribution < -0.4 is 10.1 Å². The molecule has 0 heterocycles. The molecule has 0 unspecified atom stereocenters. The van der Waals surface area contributed by atoms with Crippen LogP contribution in [0, 0.1) is 13.8 Å². The van der Waals surface area contributed by atoms with Crippen LogP contribution in [0.2, 0.25) is 20.1 Å². The first-order valence-corrected chi connectivity index (χ1v) is 8.87. The highest BCUT2D eigenvalue weighted by molar-refractivity contribution is 6.42. The third-order valence-electron chi connectivity index (χ3n) is 3.63. The molecule has 0 aliphatic rings. The second-order valence-corrected chi connectivity index (χ2v) is 7.09. The minimum atomic E-state index is -4.57. The van der Waals surface area contributed by atoms with Gasteiger partial charge in [-0.3, -0.25) is 4.79 Å². The zero-order valence-electron chi connectivity index (χ0n) is 13.9. The molecule has 0 radical (unpaired) electrons. The highest BCUT2D eigenvalue weighted by Crippen LogP contribution is 2.42. The maximum atomic E-state index is 12.8. The number of anilines is 1. The molecule has 2 rings (SSSR count). The smallest absolute Gasteiger partial charge is 0.416 e. The van der Waals surface area contributed by atoms with Gasteiger partial charge in [0.1, 0.15) is 0 Å². The Kier molecular flexibility index (Phi) is 6.79. The summed E-state index contributed by atoms with van der Waals surface area (Å²) in [6, 6.07) is 2.59. The topological polar surface area (TPSA) is 38.3 Å². The normalized spacial score (nSPS) is 11.4. The van der Waals surface area contributed by atoms with Gasteiger partial charge in [-0.05, 0) is 43.2 Å². The molecule has 0 bridgehead atoms. The van der Waals surface area contributed by atoms with E-state index in [0.29, 0.717) is 16.1 Å². The van der Waals surface area contributed by atoms with Crippen LogP contribution in [-0.2, 0) is 11.0 Å². The summed E-state index contributed by atoms with van der Waals surface area (Å²) in [6.07, 6.45) is -4.57. The second kappa shape index (κ2) is 8.35. The van der Waals surface area contributed by atoms with Gasteiger partial charge in [0.15, 0.2) is 12.4 Å². The van der Waals surface area contributed by atoms with Gasteiger partial charge in [-0.15, -0.1) is 0 Å². The van der Waals surface area contributed by atoms with Gasteiger partial charge < -0.3 is 10.1 Å². The van der Waals surface area contributed by atoms with Crippen molar-refractivity contribution in [2.24, 2.45) is 0 Å². The lowest BCUT2D eigenvalue weighted by Crippen LogP contribution is -2.21. The molecule has 0 saturated carbocycles. The molecule has 146 valence electrons. The predicted octanol–water partition coefficient (Wildman–Crippen LogP) is 6.95. The van der Waals surface area contributed by atoms with Crippen molar-refractivity contribution in [1.82, 2.24) is 0 Å². The number of ether oxygens (including phenoxy) is 1. The molecular weight excluding hydrogens is 449 g/mol. The second-order valence-electron chi connectivity index (χ2n) is 5.55. The highest BCUT2D eigenvalue weighted by Gasteiger charge is 2.31. The fourth-order valence-corrected chi connectivity index (χ4v) is 3.14. The molecule has 0 aliphatic carbocycles. The Labute approximate surface area is 173 Å². The SMILES string of the molecule is Cc1c(Cl)c(C)c(Cl)c(OCC(=O)Nc2cc(C(F)(F)F)ccc2Cl)c1Cl. The number of halogens is 7. The molecule has 0 atom stereocenters. The monoisotopic (exact) mass is 459 g/mol. The van der Waals surface area contributed by atoms with E-state index in [1.54, 1.807) is 13.8 Å². The number of amides is 1. The van der Waals surface area contributed by atoms with E-state index in [4.69, 9.17) is 51.1 Å². The van der Waals surface area contributed by atoms with E-state index in [0.717, 1.165) is 18.2 Å². The first-order chi connectivity index (χ1) is 12.4. The summed E-state index contributed by atoms with van der Waals surface area (Å²) in [5.74, 6) is -0.684. The molecule has 27 heavy (non-hydrogen) atoms. The van der Waals surface area contributed by atoms with E-state index >= 15 is 0 Å². The Morgan fingerprint density at radius 1 is 1.04 bits per heavy atom. The lowest BCUT2D eigenvalue weighted by Gasteiger charge is -2.16. The Morgan fingerprint density at radius 2 is 1.59 bits per heavy atom. The standard InChI is InChI=1S/C17H12Cl4F3NO2/c1-7-13(19)8(2)15(21)16(14(7)20)27-6-12(26)25-11-5-9(17(22,23)24)3-4-10(11)18/h3-5H,6H2,1-2H3,(H,25,26). The van der Waals surface area contributed by atoms with Crippen molar-refractivity contribution in [1.29, 1.82) is 0 Å². The van der Waals surface area contributed by atoms with Gasteiger partial charge in [0.2, 0.25) is 0 Å². The van der Waals surface area contributed by atoms with Crippen molar-refractivity contribution < 1.29 is 22.7 Å². The van der Waals surface area contributed by atoms with E-state index in [2.05, 4.69) is 5.32 Å². The number of rotatable bonds is 4. The first kappa shape index (κ1) is 22.0. The van der Waals surface area contributed by atoms with E-state index in [9.17, 15) is 18.0 Å². The number of benzene rings is 2. The number of nitrogens with one attached hydrogen (secondary N) is 1. The lowest BCUT2D eigenvalue weighted by molar-refractivity contribution is -0.137. The maximum Gasteiger partial charge on any atom is 0.416 e. The minimum Gasteiger partial charge on any atom is -0.481 e. The van der Waals surface area contributed by atoms with Gasteiger partial charge >= 0.3 is 6.18 Å². The molecular formula is C17H12Cl4F3NO2. The van der Waals surface area contributed by atoms with Crippen LogP contribution in [0.5, 0.6) is 5.75 Å². The first-order valence-electron chi connectivity index (χ1n) is 7.36. The number of alkyl halides is 3. The van der Waals surface area contributed by atoms with Crippen molar-refractivity contribution in [3.63, 3.8) is 0 Å². The van der Waals surface area contributed by atoms with Gasteiger partial charge in [0, 0.05) is 5.02 Å². The van der Waals surface area contributed by atoms with Crippen LogP contribution in [0.15, 0.2) is 18.2 Å². The largest absolute Gasteiger partial charge is 0.481 e. The molecule has 0 saturated heterocycles. The summed E-state index contributed by atoms with van der Waals surface area (Å²) in [4.78, 5) is 12.1. The quantitative estimate of drug-likeness (QED) is 0.535. The molecule has 0 aliphatic heterocycles. The summed E-state index contributed by atoms with van der Waals surface area (Å²) in [5.41, 5.74) is -0.0907. The van der Waals surface area contributed by atoms with Gasteiger partial charge in [0.05, 0.1) is 26.3 Å². The average molecular weight is 461 g/mol. The van der Waals surface area contributed by atoms with Crippen LogP contribution in [-0.4, -0.2) is 12.5 Å². The Bertz CT molecular complexity index is 872. The van der Waals surface area contributed by atoms with Crippen molar-refractivity contribution in [2.45, 2.75) is 20.0 Å². The van der Waals surface area contributed by atoms with Crippen molar-refractivity contribution in [3.8, 4) is 5.75 Å². The fraction of sp³-hybridized carbons (Fsp3) is 0.235. The highest BCUT2D eigenvalue weighted by atomic mass is 35.5. The van der Waals surface area contributed by atoms with Crippen LogP contribution in [0.4, 0.5) is 18.9 Å². The van der Waals surface area contributed by atoms with Crippen molar-refractivity contribution in [3.05, 3.63) is 55.0 Å².